The summed E-state index contributed by atoms with van der Waals surface area (Å²) in [4.78, 5) is 12.9. The highest BCUT2D eigenvalue weighted by molar-refractivity contribution is 7.92. The number of ether oxygens (including phenoxy) is 3. The molecule has 2 aromatic carbocycles. The minimum atomic E-state index is -4.06. The molecule has 3 N–H and O–H groups in total. The van der Waals surface area contributed by atoms with Crippen LogP contribution in [0.4, 0.5) is 4.39 Å². The van der Waals surface area contributed by atoms with Crippen molar-refractivity contribution in [1.29, 1.82) is 0 Å². The molecule has 1 unspecified atom stereocenters. The van der Waals surface area contributed by atoms with E-state index in [0.717, 1.165) is 6.07 Å². The van der Waals surface area contributed by atoms with Gasteiger partial charge in [0.25, 0.3) is 15.9 Å². The van der Waals surface area contributed by atoms with Gasteiger partial charge >= 0.3 is 0 Å². The van der Waals surface area contributed by atoms with Crippen molar-refractivity contribution < 1.29 is 31.8 Å². The van der Waals surface area contributed by atoms with Gasteiger partial charge in [-0.3, -0.25) is 9.52 Å². The molecule has 2 aromatic rings. The molecule has 0 aliphatic carbocycles. The lowest BCUT2D eigenvalue weighted by Gasteiger charge is -2.40. The third-order valence-electron chi connectivity index (χ3n) is 5.55. The molecule has 1 aliphatic heterocycles. The Morgan fingerprint density at radius 1 is 1.20 bits per heavy atom. The second kappa shape index (κ2) is 10.2. The Bertz CT molecular complexity index is 1250. The summed E-state index contributed by atoms with van der Waals surface area (Å²) in [7, 11) is -1.32. The van der Waals surface area contributed by atoms with E-state index < -0.39 is 33.4 Å². The molecule has 0 spiro atoms. The van der Waals surface area contributed by atoms with Crippen molar-refractivity contribution in [3.63, 3.8) is 0 Å². The van der Waals surface area contributed by atoms with Crippen LogP contribution in [0.3, 0.4) is 0 Å². The highest BCUT2D eigenvalue weighted by Gasteiger charge is 2.39. The van der Waals surface area contributed by atoms with Crippen LogP contribution in [-0.2, 0) is 16.4 Å². The van der Waals surface area contributed by atoms with Crippen LogP contribution in [0.1, 0.15) is 36.7 Å². The molecule has 3 rings (SSSR count). The molecule has 0 saturated carbocycles. The minimum absolute atomic E-state index is 0.0354. The van der Waals surface area contributed by atoms with Crippen LogP contribution in [0.5, 0.6) is 17.2 Å². The van der Waals surface area contributed by atoms with Gasteiger partial charge in [-0.15, -0.1) is 0 Å². The number of hydrogen-bond acceptors (Lipinski definition) is 7. The molecule has 0 radical (unpaired) electrons. The van der Waals surface area contributed by atoms with Gasteiger partial charge in [-0.05, 0) is 62.8 Å². The number of fused-ring (bicyclic) bond motifs is 1. The molecule has 1 aliphatic rings. The van der Waals surface area contributed by atoms with Crippen molar-refractivity contribution in [1.82, 2.24) is 15.4 Å². The normalized spacial score (nSPS) is 16.3. The van der Waals surface area contributed by atoms with Crippen LogP contribution >= 0.6 is 12.2 Å². The second-order valence-electron chi connectivity index (χ2n) is 8.36. The van der Waals surface area contributed by atoms with Gasteiger partial charge in [-0.1, -0.05) is 0 Å². The topological polar surface area (TPSA) is 115 Å². The van der Waals surface area contributed by atoms with E-state index in [1.807, 2.05) is 0 Å². The molecule has 35 heavy (non-hydrogen) atoms. The molecule has 12 heteroatoms. The largest absolute Gasteiger partial charge is 0.496 e. The number of halogens is 1. The number of rotatable bonds is 7. The lowest BCUT2D eigenvalue weighted by Crippen LogP contribution is -2.55. The molecule has 0 aromatic heterocycles. The predicted octanol–water partition coefficient (Wildman–Crippen LogP) is 2.53. The van der Waals surface area contributed by atoms with Gasteiger partial charge in [0.15, 0.2) is 5.11 Å². The van der Waals surface area contributed by atoms with E-state index in [4.69, 9.17) is 26.4 Å². The van der Waals surface area contributed by atoms with Gasteiger partial charge in [0.1, 0.15) is 33.6 Å². The maximum atomic E-state index is 13.8. The van der Waals surface area contributed by atoms with Crippen molar-refractivity contribution in [2.75, 3.05) is 20.8 Å². The fourth-order valence-corrected chi connectivity index (χ4v) is 5.32. The molecule has 1 atom stereocenters. The standard InChI is InChI=1S/C23H28FN3O6S2/c1-6-25-22(34)27-35(29,30)19-9-13-10-20(23(2,3)33-17(13)12-18(19)32-5)26-21(28)15-11-14(24)7-8-16(15)31-4/h7-9,11-12,20H,6,10H2,1-5H3,(H,26,28)(H2,25,27,34). The fraction of sp³-hybridized carbons (Fsp3) is 0.391. The molecule has 9 nitrogen and oxygen atoms in total. The minimum Gasteiger partial charge on any atom is -0.496 e. The number of hydrogen-bond donors (Lipinski definition) is 3. The first-order valence-electron chi connectivity index (χ1n) is 10.8. The van der Waals surface area contributed by atoms with Crippen molar-refractivity contribution in [3.8, 4) is 17.2 Å². The summed E-state index contributed by atoms with van der Waals surface area (Å²) < 4.78 is 58.7. The Balaban J connectivity index is 1.95. The van der Waals surface area contributed by atoms with E-state index >= 15 is 0 Å². The average Bonchev–Trinajstić information content (AvgIpc) is 2.78. The molecule has 0 saturated heterocycles. The first-order chi connectivity index (χ1) is 16.4. The fourth-order valence-electron chi connectivity index (χ4n) is 3.72. The maximum Gasteiger partial charge on any atom is 0.267 e. The summed E-state index contributed by atoms with van der Waals surface area (Å²) >= 11 is 5.02. The third kappa shape index (κ3) is 5.76. The number of nitrogens with one attached hydrogen (secondary N) is 3. The first kappa shape index (κ1) is 26.5. The quantitative estimate of drug-likeness (QED) is 0.473. The summed E-state index contributed by atoms with van der Waals surface area (Å²) in [6, 6.07) is 6.02. The van der Waals surface area contributed by atoms with Crippen LogP contribution in [0.15, 0.2) is 35.2 Å². The summed E-state index contributed by atoms with van der Waals surface area (Å²) in [5.41, 5.74) is -0.302. The van der Waals surface area contributed by atoms with Crippen LogP contribution in [0, 0.1) is 5.82 Å². The number of sulfonamides is 1. The number of thiocarbonyl (C=S) groups is 1. The zero-order valence-corrected chi connectivity index (χ0v) is 21.7. The van der Waals surface area contributed by atoms with E-state index in [9.17, 15) is 17.6 Å². The molecule has 1 amide bonds. The zero-order valence-electron chi connectivity index (χ0n) is 20.0. The van der Waals surface area contributed by atoms with Gasteiger partial charge in [0.05, 0.1) is 25.8 Å². The van der Waals surface area contributed by atoms with Crippen molar-refractivity contribution in [2.45, 2.75) is 43.7 Å². The number of carbonyl (C=O) groups excluding carboxylic acids is 1. The van der Waals surface area contributed by atoms with E-state index in [-0.39, 0.29) is 33.5 Å². The van der Waals surface area contributed by atoms with Crippen LogP contribution in [0.2, 0.25) is 0 Å². The molecule has 190 valence electrons. The highest BCUT2D eigenvalue weighted by atomic mass is 32.2. The van der Waals surface area contributed by atoms with Gasteiger partial charge in [0, 0.05) is 19.0 Å². The molecular weight excluding hydrogens is 497 g/mol. The Morgan fingerprint density at radius 2 is 1.89 bits per heavy atom. The van der Waals surface area contributed by atoms with Crippen molar-refractivity contribution in [3.05, 3.63) is 47.3 Å². The van der Waals surface area contributed by atoms with Crippen LogP contribution in [0.25, 0.3) is 0 Å². The number of benzene rings is 2. The van der Waals surface area contributed by atoms with Crippen molar-refractivity contribution in [2.24, 2.45) is 0 Å². The predicted molar refractivity (Wildman–Crippen MR) is 132 cm³/mol. The Morgan fingerprint density at radius 3 is 2.51 bits per heavy atom. The number of amides is 1. The number of carbonyl (C=O) groups is 1. The molecular formula is C23H28FN3O6S2. The van der Waals surface area contributed by atoms with E-state index in [1.54, 1.807) is 20.8 Å². The highest BCUT2D eigenvalue weighted by Crippen LogP contribution is 2.39. The van der Waals surface area contributed by atoms with E-state index in [2.05, 4.69) is 15.4 Å². The number of methoxy groups -OCH3 is 2. The third-order valence-corrected chi connectivity index (χ3v) is 7.29. The van der Waals surface area contributed by atoms with Crippen LogP contribution < -0.4 is 29.6 Å². The molecule has 1 heterocycles. The van der Waals surface area contributed by atoms with Gasteiger partial charge in [-0.25, -0.2) is 12.8 Å². The maximum absolute atomic E-state index is 13.8. The molecule has 0 bridgehead atoms. The Labute approximate surface area is 209 Å². The van der Waals surface area contributed by atoms with E-state index in [1.165, 1.54) is 38.5 Å². The van der Waals surface area contributed by atoms with Crippen LogP contribution in [-0.4, -0.2) is 51.8 Å². The summed E-state index contributed by atoms with van der Waals surface area (Å²) in [6.45, 7) is 5.81. The average molecular weight is 526 g/mol. The summed E-state index contributed by atoms with van der Waals surface area (Å²) in [5, 5.41) is 5.55. The SMILES string of the molecule is CCNC(=S)NS(=O)(=O)c1cc2c(cc1OC)OC(C)(C)C(NC(=O)c1cc(F)ccc1OC)C2. The van der Waals surface area contributed by atoms with E-state index in [0.29, 0.717) is 17.9 Å². The van der Waals surface area contributed by atoms with Gasteiger partial charge < -0.3 is 24.8 Å². The lowest BCUT2D eigenvalue weighted by atomic mass is 9.88. The monoisotopic (exact) mass is 525 g/mol. The summed E-state index contributed by atoms with van der Waals surface area (Å²) in [6.07, 6.45) is 0.246. The van der Waals surface area contributed by atoms with Gasteiger partial charge in [-0.2, -0.15) is 0 Å². The lowest BCUT2D eigenvalue weighted by molar-refractivity contribution is 0.0435. The summed E-state index contributed by atoms with van der Waals surface area (Å²) in [5.74, 6) is -0.400. The zero-order chi connectivity index (χ0) is 26.0. The second-order valence-corrected chi connectivity index (χ2v) is 10.4. The molecule has 0 fully saturated rings. The smallest absolute Gasteiger partial charge is 0.267 e. The first-order valence-corrected chi connectivity index (χ1v) is 12.7. The van der Waals surface area contributed by atoms with Gasteiger partial charge in [0.2, 0.25) is 0 Å². The van der Waals surface area contributed by atoms with Crippen molar-refractivity contribution >= 4 is 33.3 Å². The Kier molecular flexibility index (Phi) is 7.75. The Hall–Kier alpha value is -3.12.